The van der Waals surface area contributed by atoms with E-state index in [2.05, 4.69) is 26.2 Å². The lowest BCUT2D eigenvalue weighted by Crippen LogP contribution is -1.93. The van der Waals surface area contributed by atoms with Crippen LogP contribution in [-0.2, 0) is 0 Å². The molecule has 3 aromatic rings. The highest BCUT2D eigenvalue weighted by Crippen LogP contribution is 2.30. The van der Waals surface area contributed by atoms with Crippen LogP contribution in [0.4, 0.5) is 17.1 Å². The monoisotopic (exact) mass is 347 g/mol. The van der Waals surface area contributed by atoms with Gasteiger partial charge in [-0.1, -0.05) is 11.6 Å². The fourth-order valence-corrected chi connectivity index (χ4v) is 2.43. The third kappa shape index (κ3) is 2.57. The predicted octanol–water partition coefficient (Wildman–Crippen LogP) is 4.98. The SMILES string of the molecule is Nc1ccc2c(Nc3ccc(Br)c(Cl)c3)ccnc2c1. The molecular formula is C15H11BrClN3. The van der Waals surface area contributed by atoms with Crippen molar-refractivity contribution in [1.29, 1.82) is 0 Å². The van der Waals surface area contributed by atoms with Crippen molar-refractivity contribution in [2.45, 2.75) is 0 Å². The van der Waals surface area contributed by atoms with Gasteiger partial charge in [-0.15, -0.1) is 0 Å². The first-order valence-corrected chi connectivity index (χ1v) is 7.17. The van der Waals surface area contributed by atoms with Crippen LogP contribution in [0.25, 0.3) is 10.9 Å². The summed E-state index contributed by atoms with van der Waals surface area (Å²) in [5.74, 6) is 0. The maximum Gasteiger partial charge on any atom is 0.0743 e. The van der Waals surface area contributed by atoms with Crippen molar-refractivity contribution in [2.24, 2.45) is 0 Å². The molecule has 3 nitrogen and oxygen atoms in total. The van der Waals surface area contributed by atoms with Gasteiger partial charge in [-0.25, -0.2) is 0 Å². The maximum absolute atomic E-state index is 6.10. The van der Waals surface area contributed by atoms with Crippen LogP contribution in [-0.4, -0.2) is 4.98 Å². The standard InChI is InChI=1S/C15H11BrClN3/c16-12-4-2-10(8-13(12)17)20-14-5-6-19-15-7-9(18)1-3-11(14)15/h1-8H,18H2,(H,19,20). The molecule has 0 radical (unpaired) electrons. The van der Waals surface area contributed by atoms with Gasteiger partial charge in [-0.05, 0) is 58.4 Å². The molecule has 2 aromatic carbocycles. The molecule has 0 amide bonds. The van der Waals surface area contributed by atoms with Gasteiger partial charge in [-0.2, -0.15) is 0 Å². The van der Waals surface area contributed by atoms with Crippen LogP contribution in [0.1, 0.15) is 0 Å². The lowest BCUT2D eigenvalue weighted by molar-refractivity contribution is 1.40. The highest BCUT2D eigenvalue weighted by Gasteiger charge is 2.04. The molecule has 3 N–H and O–H groups in total. The second kappa shape index (κ2) is 5.31. The van der Waals surface area contributed by atoms with Gasteiger partial charge < -0.3 is 11.1 Å². The number of halogens is 2. The summed E-state index contributed by atoms with van der Waals surface area (Å²) in [5.41, 5.74) is 9.23. The number of pyridine rings is 1. The highest BCUT2D eigenvalue weighted by molar-refractivity contribution is 9.10. The fraction of sp³-hybridized carbons (Fsp3) is 0. The molecule has 1 heterocycles. The first-order valence-electron chi connectivity index (χ1n) is 6.00. The quantitative estimate of drug-likeness (QED) is 0.642. The van der Waals surface area contributed by atoms with E-state index < -0.39 is 0 Å². The number of hydrogen-bond donors (Lipinski definition) is 2. The van der Waals surface area contributed by atoms with E-state index >= 15 is 0 Å². The number of nitrogens with two attached hydrogens (primary N) is 1. The zero-order chi connectivity index (χ0) is 14.1. The van der Waals surface area contributed by atoms with Gasteiger partial charge in [0.2, 0.25) is 0 Å². The molecule has 100 valence electrons. The summed E-state index contributed by atoms with van der Waals surface area (Å²) in [6.07, 6.45) is 1.75. The Kier molecular flexibility index (Phi) is 3.51. The van der Waals surface area contributed by atoms with Gasteiger partial charge in [0.15, 0.2) is 0 Å². The molecule has 0 bridgehead atoms. The molecule has 0 aliphatic heterocycles. The number of rotatable bonds is 2. The Hall–Kier alpha value is -1.78. The number of anilines is 3. The van der Waals surface area contributed by atoms with Crippen molar-refractivity contribution in [1.82, 2.24) is 4.98 Å². The van der Waals surface area contributed by atoms with Gasteiger partial charge in [0.25, 0.3) is 0 Å². The predicted molar refractivity (Wildman–Crippen MR) is 88.6 cm³/mol. The summed E-state index contributed by atoms with van der Waals surface area (Å²) in [6, 6.07) is 13.3. The molecule has 0 fully saturated rings. The van der Waals surface area contributed by atoms with Crippen LogP contribution >= 0.6 is 27.5 Å². The minimum Gasteiger partial charge on any atom is -0.399 e. The zero-order valence-corrected chi connectivity index (χ0v) is 12.7. The molecule has 1 aromatic heterocycles. The van der Waals surface area contributed by atoms with Gasteiger partial charge in [0.1, 0.15) is 0 Å². The summed E-state index contributed by atoms with van der Waals surface area (Å²) in [6.45, 7) is 0. The number of aromatic nitrogens is 1. The van der Waals surface area contributed by atoms with Gasteiger partial charge in [0.05, 0.1) is 10.5 Å². The van der Waals surface area contributed by atoms with Crippen LogP contribution < -0.4 is 11.1 Å². The molecule has 3 rings (SSSR count). The van der Waals surface area contributed by atoms with Crippen LogP contribution in [0.15, 0.2) is 53.1 Å². The minimum absolute atomic E-state index is 0.664. The molecule has 20 heavy (non-hydrogen) atoms. The van der Waals surface area contributed by atoms with E-state index in [9.17, 15) is 0 Å². The van der Waals surface area contributed by atoms with Crippen molar-refractivity contribution in [3.8, 4) is 0 Å². The van der Waals surface area contributed by atoms with Crippen molar-refractivity contribution >= 4 is 55.5 Å². The Morgan fingerprint density at radius 3 is 2.75 bits per heavy atom. The van der Waals surface area contributed by atoms with E-state index in [1.54, 1.807) is 6.20 Å². The average molecular weight is 349 g/mol. The number of benzene rings is 2. The summed E-state index contributed by atoms with van der Waals surface area (Å²) in [5, 5.41) is 5.03. The first-order chi connectivity index (χ1) is 9.63. The number of fused-ring (bicyclic) bond motifs is 1. The first kappa shape index (κ1) is 13.2. The maximum atomic E-state index is 6.10. The Bertz CT molecular complexity index is 789. The summed E-state index contributed by atoms with van der Waals surface area (Å²) in [7, 11) is 0. The normalized spacial score (nSPS) is 10.7. The highest BCUT2D eigenvalue weighted by atomic mass is 79.9. The lowest BCUT2D eigenvalue weighted by Gasteiger charge is -2.10. The molecule has 0 unspecified atom stereocenters. The fourth-order valence-electron chi connectivity index (χ4n) is 2.00. The largest absolute Gasteiger partial charge is 0.399 e. The molecule has 0 saturated carbocycles. The third-order valence-corrected chi connectivity index (χ3v) is 4.20. The molecule has 5 heteroatoms. The smallest absolute Gasteiger partial charge is 0.0743 e. The average Bonchev–Trinajstić information content (AvgIpc) is 2.43. The van der Waals surface area contributed by atoms with E-state index in [4.69, 9.17) is 17.3 Å². The zero-order valence-electron chi connectivity index (χ0n) is 10.4. The number of nitrogen functional groups attached to an aromatic ring is 1. The summed E-state index contributed by atoms with van der Waals surface area (Å²) < 4.78 is 0.872. The van der Waals surface area contributed by atoms with E-state index in [1.807, 2.05) is 42.5 Å². The van der Waals surface area contributed by atoms with Crippen molar-refractivity contribution < 1.29 is 0 Å². The second-order valence-corrected chi connectivity index (χ2v) is 5.65. The molecule has 0 aliphatic rings. The number of nitrogens with one attached hydrogen (secondary N) is 1. The van der Waals surface area contributed by atoms with E-state index in [1.165, 1.54) is 0 Å². The topological polar surface area (TPSA) is 50.9 Å². The van der Waals surface area contributed by atoms with Gasteiger partial charge in [-0.3, -0.25) is 4.98 Å². The van der Waals surface area contributed by atoms with E-state index in [0.717, 1.165) is 26.8 Å². The third-order valence-electron chi connectivity index (χ3n) is 2.97. The van der Waals surface area contributed by atoms with Gasteiger partial charge in [0, 0.05) is 33.1 Å². The number of nitrogens with zero attached hydrogens (tertiary/aromatic N) is 1. The van der Waals surface area contributed by atoms with Crippen LogP contribution in [0, 0.1) is 0 Å². The van der Waals surface area contributed by atoms with E-state index in [-0.39, 0.29) is 0 Å². The molecule has 0 saturated heterocycles. The van der Waals surface area contributed by atoms with Crippen LogP contribution in [0.2, 0.25) is 5.02 Å². The molecule has 0 aliphatic carbocycles. The summed E-state index contributed by atoms with van der Waals surface area (Å²) in [4.78, 5) is 4.32. The van der Waals surface area contributed by atoms with Crippen LogP contribution in [0.5, 0.6) is 0 Å². The van der Waals surface area contributed by atoms with Crippen molar-refractivity contribution in [3.05, 3.63) is 58.2 Å². The Morgan fingerprint density at radius 2 is 1.95 bits per heavy atom. The van der Waals surface area contributed by atoms with Crippen LogP contribution in [0.3, 0.4) is 0 Å². The van der Waals surface area contributed by atoms with Gasteiger partial charge >= 0.3 is 0 Å². The second-order valence-electron chi connectivity index (χ2n) is 4.39. The molecular weight excluding hydrogens is 338 g/mol. The Morgan fingerprint density at radius 1 is 1.10 bits per heavy atom. The van der Waals surface area contributed by atoms with Crippen molar-refractivity contribution in [2.75, 3.05) is 11.1 Å². The number of hydrogen-bond acceptors (Lipinski definition) is 3. The lowest BCUT2D eigenvalue weighted by atomic mass is 10.1. The molecule has 0 atom stereocenters. The molecule has 0 spiro atoms. The summed E-state index contributed by atoms with van der Waals surface area (Å²) >= 11 is 9.48. The van der Waals surface area contributed by atoms with Crippen molar-refractivity contribution in [3.63, 3.8) is 0 Å². The Labute approximate surface area is 129 Å². The minimum atomic E-state index is 0.664. The van der Waals surface area contributed by atoms with E-state index in [0.29, 0.717) is 10.7 Å². The Balaban J connectivity index is 2.04.